The van der Waals surface area contributed by atoms with Crippen molar-refractivity contribution in [2.24, 2.45) is 5.73 Å². The van der Waals surface area contributed by atoms with Crippen molar-refractivity contribution >= 4 is 17.3 Å². The quantitative estimate of drug-likeness (QED) is 0.899. The van der Waals surface area contributed by atoms with Gasteiger partial charge in [0, 0.05) is 29.4 Å². The highest BCUT2D eigenvalue weighted by Crippen LogP contribution is 2.32. The van der Waals surface area contributed by atoms with Crippen molar-refractivity contribution in [1.29, 1.82) is 0 Å². The van der Waals surface area contributed by atoms with E-state index in [0.717, 1.165) is 5.69 Å². The first-order chi connectivity index (χ1) is 10.1. The van der Waals surface area contributed by atoms with Gasteiger partial charge in [0.2, 0.25) is 0 Å². The minimum absolute atomic E-state index is 0.200. The van der Waals surface area contributed by atoms with E-state index in [1.54, 1.807) is 24.3 Å². The van der Waals surface area contributed by atoms with Crippen LogP contribution >= 0.6 is 11.6 Å². The molecule has 0 aromatic heterocycles. The zero-order valence-corrected chi connectivity index (χ0v) is 12.4. The monoisotopic (exact) mass is 310 g/mol. The minimum Gasteiger partial charge on any atom is -0.363 e. The average Bonchev–Trinajstić information content (AvgIpc) is 2.47. The summed E-state index contributed by atoms with van der Waals surface area (Å²) in [6.45, 7) is 2.73. The van der Waals surface area contributed by atoms with Crippen molar-refractivity contribution < 1.29 is 8.78 Å². The third-order valence-corrected chi connectivity index (χ3v) is 3.76. The summed E-state index contributed by atoms with van der Waals surface area (Å²) >= 11 is 6.13. The van der Waals surface area contributed by atoms with E-state index in [4.69, 9.17) is 17.3 Å². The molecule has 0 saturated carbocycles. The van der Waals surface area contributed by atoms with Gasteiger partial charge in [-0.1, -0.05) is 17.7 Å². The Hall–Kier alpha value is -1.65. The van der Waals surface area contributed by atoms with E-state index in [0.29, 0.717) is 17.1 Å². The Kier molecular flexibility index (Phi) is 5.15. The predicted octanol–water partition coefficient (Wildman–Crippen LogP) is 4.14. The van der Waals surface area contributed by atoms with Gasteiger partial charge in [0.1, 0.15) is 11.6 Å². The first-order valence-electron chi connectivity index (χ1n) is 6.74. The van der Waals surface area contributed by atoms with Gasteiger partial charge in [0.05, 0.1) is 6.04 Å². The Morgan fingerprint density at radius 1 is 1.14 bits per heavy atom. The lowest BCUT2D eigenvalue weighted by Gasteiger charge is -2.33. The van der Waals surface area contributed by atoms with E-state index in [1.165, 1.54) is 18.2 Å². The Bertz CT molecular complexity index is 581. The molecule has 5 heteroatoms. The van der Waals surface area contributed by atoms with Crippen LogP contribution in [-0.2, 0) is 0 Å². The van der Waals surface area contributed by atoms with Crippen LogP contribution < -0.4 is 10.6 Å². The molecule has 2 aromatic carbocycles. The maximum atomic E-state index is 14.1. The van der Waals surface area contributed by atoms with Gasteiger partial charge < -0.3 is 10.6 Å². The molecule has 2 aromatic rings. The summed E-state index contributed by atoms with van der Waals surface area (Å²) in [7, 11) is 0. The highest BCUT2D eigenvalue weighted by molar-refractivity contribution is 6.31. The topological polar surface area (TPSA) is 29.3 Å². The number of hydrogen-bond donors (Lipinski definition) is 1. The van der Waals surface area contributed by atoms with Crippen molar-refractivity contribution in [1.82, 2.24) is 0 Å². The molecule has 0 saturated heterocycles. The number of likely N-dealkylation sites (N-methyl/N-ethyl adjacent to an activating group) is 1. The van der Waals surface area contributed by atoms with Crippen molar-refractivity contribution in [2.75, 3.05) is 18.0 Å². The number of halogens is 3. The number of hydrogen-bond acceptors (Lipinski definition) is 2. The molecule has 1 atom stereocenters. The lowest BCUT2D eigenvalue weighted by molar-refractivity contribution is 0.562. The van der Waals surface area contributed by atoms with Crippen LogP contribution in [0.2, 0.25) is 5.02 Å². The summed E-state index contributed by atoms with van der Waals surface area (Å²) in [6.07, 6.45) is 0. The summed E-state index contributed by atoms with van der Waals surface area (Å²) in [5.41, 5.74) is 6.99. The van der Waals surface area contributed by atoms with Crippen LogP contribution in [0.3, 0.4) is 0 Å². The number of rotatable bonds is 5. The summed E-state index contributed by atoms with van der Waals surface area (Å²) in [6, 6.07) is 10.2. The van der Waals surface area contributed by atoms with E-state index in [9.17, 15) is 8.78 Å². The first-order valence-corrected chi connectivity index (χ1v) is 7.12. The molecule has 0 amide bonds. The van der Waals surface area contributed by atoms with Gasteiger partial charge in [-0.15, -0.1) is 0 Å². The zero-order valence-electron chi connectivity index (χ0n) is 11.7. The Morgan fingerprint density at radius 3 is 2.33 bits per heavy atom. The molecule has 0 heterocycles. The Labute approximate surface area is 128 Å². The van der Waals surface area contributed by atoms with E-state index < -0.39 is 11.9 Å². The standard InChI is InChI=1S/C16H17ClF2N2/c1-2-21(12-8-6-11(18)7-9-12)15(10-20)16-13(17)4-3-5-14(16)19/h3-9,15H,2,10,20H2,1H3. The third-order valence-electron chi connectivity index (χ3n) is 3.43. The summed E-state index contributed by atoms with van der Waals surface area (Å²) < 4.78 is 27.2. The van der Waals surface area contributed by atoms with Gasteiger partial charge in [-0.05, 0) is 43.3 Å². The zero-order chi connectivity index (χ0) is 15.4. The van der Waals surface area contributed by atoms with Crippen molar-refractivity contribution in [3.05, 3.63) is 64.7 Å². The molecule has 21 heavy (non-hydrogen) atoms. The second-order valence-electron chi connectivity index (χ2n) is 4.65. The van der Waals surface area contributed by atoms with Crippen LogP contribution in [-0.4, -0.2) is 13.1 Å². The molecule has 0 aliphatic rings. The number of benzene rings is 2. The molecular formula is C16H17ClF2N2. The molecule has 2 N–H and O–H groups in total. The van der Waals surface area contributed by atoms with Gasteiger partial charge in [-0.25, -0.2) is 8.78 Å². The van der Waals surface area contributed by atoms with E-state index in [1.807, 2.05) is 11.8 Å². The van der Waals surface area contributed by atoms with Crippen LogP contribution in [0, 0.1) is 11.6 Å². The van der Waals surface area contributed by atoms with Gasteiger partial charge >= 0.3 is 0 Å². The molecule has 2 nitrogen and oxygen atoms in total. The molecular weight excluding hydrogens is 294 g/mol. The molecule has 1 unspecified atom stereocenters. The van der Waals surface area contributed by atoms with Crippen molar-refractivity contribution in [3.63, 3.8) is 0 Å². The molecule has 0 radical (unpaired) electrons. The molecule has 0 spiro atoms. The second kappa shape index (κ2) is 6.87. The van der Waals surface area contributed by atoms with Crippen LogP contribution in [0.1, 0.15) is 18.5 Å². The van der Waals surface area contributed by atoms with E-state index >= 15 is 0 Å². The molecule has 2 rings (SSSR count). The fourth-order valence-electron chi connectivity index (χ4n) is 2.45. The molecule has 0 aliphatic heterocycles. The number of anilines is 1. The smallest absolute Gasteiger partial charge is 0.130 e. The lowest BCUT2D eigenvalue weighted by Crippen LogP contribution is -2.34. The fourth-order valence-corrected chi connectivity index (χ4v) is 2.73. The predicted molar refractivity (Wildman–Crippen MR) is 82.6 cm³/mol. The highest BCUT2D eigenvalue weighted by Gasteiger charge is 2.23. The van der Waals surface area contributed by atoms with Crippen LogP contribution in [0.5, 0.6) is 0 Å². The molecule has 0 aliphatic carbocycles. The SMILES string of the molecule is CCN(c1ccc(F)cc1)C(CN)c1c(F)cccc1Cl. The van der Waals surface area contributed by atoms with E-state index in [2.05, 4.69) is 0 Å². The van der Waals surface area contributed by atoms with Crippen molar-refractivity contribution in [3.8, 4) is 0 Å². The minimum atomic E-state index is -0.408. The largest absolute Gasteiger partial charge is 0.363 e. The first kappa shape index (κ1) is 15.7. The van der Waals surface area contributed by atoms with Gasteiger partial charge in [-0.3, -0.25) is 0 Å². The number of nitrogens with two attached hydrogens (primary N) is 1. The Morgan fingerprint density at radius 2 is 1.81 bits per heavy atom. The van der Waals surface area contributed by atoms with Crippen LogP contribution in [0.15, 0.2) is 42.5 Å². The van der Waals surface area contributed by atoms with Gasteiger partial charge in [-0.2, -0.15) is 0 Å². The Balaban J connectivity index is 2.45. The van der Waals surface area contributed by atoms with Gasteiger partial charge in [0.25, 0.3) is 0 Å². The van der Waals surface area contributed by atoms with E-state index in [-0.39, 0.29) is 12.4 Å². The van der Waals surface area contributed by atoms with Crippen LogP contribution in [0.25, 0.3) is 0 Å². The number of nitrogens with zero attached hydrogens (tertiary/aromatic N) is 1. The van der Waals surface area contributed by atoms with Crippen molar-refractivity contribution in [2.45, 2.75) is 13.0 Å². The second-order valence-corrected chi connectivity index (χ2v) is 5.06. The van der Waals surface area contributed by atoms with Crippen LogP contribution in [0.4, 0.5) is 14.5 Å². The fraction of sp³-hybridized carbons (Fsp3) is 0.250. The molecule has 0 fully saturated rings. The molecule has 0 bridgehead atoms. The molecule has 112 valence electrons. The maximum absolute atomic E-state index is 14.1. The normalized spacial score (nSPS) is 12.2. The maximum Gasteiger partial charge on any atom is 0.130 e. The lowest BCUT2D eigenvalue weighted by atomic mass is 10.0. The highest BCUT2D eigenvalue weighted by atomic mass is 35.5. The third kappa shape index (κ3) is 3.34. The summed E-state index contributed by atoms with van der Waals surface area (Å²) in [4.78, 5) is 1.91. The summed E-state index contributed by atoms with van der Waals surface area (Å²) in [5, 5.41) is 0.339. The summed E-state index contributed by atoms with van der Waals surface area (Å²) in [5.74, 6) is -0.707. The van der Waals surface area contributed by atoms with Gasteiger partial charge in [0.15, 0.2) is 0 Å². The average molecular weight is 311 g/mol.